The molecule has 6 heteroatoms. The minimum Gasteiger partial charge on any atom is -0.309 e. The number of nitrogens with zero attached hydrogens (tertiary/aromatic N) is 3. The van der Waals surface area contributed by atoms with E-state index >= 15 is 0 Å². The number of hydrogen-bond donors (Lipinski definition) is 1. The second kappa shape index (κ2) is 5.26. The van der Waals surface area contributed by atoms with Gasteiger partial charge >= 0.3 is 0 Å². The van der Waals surface area contributed by atoms with Crippen LogP contribution in [0.2, 0.25) is 0 Å². The Kier molecular flexibility index (Phi) is 3.57. The van der Waals surface area contributed by atoms with Crippen molar-refractivity contribution in [2.75, 3.05) is 0 Å². The van der Waals surface area contributed by atoms with Crippen LogP contribution in [0.5, 0.6) is 0 Å². The zero-order valence-corrected chi connectivity index (χ0v) is 13.5. The van der Waals surface area contributed by atoms with Crippen LogP contribution in [-0.4, -0.2) is 19.3 Å². The summed E-state index contributed by atoms with van der Waals surface area (Å²) in [6.07, 6.45) is 4.36. The second-order valence-corrected chi connectivity index (χ2v) is 6.30. The smallest absolute Gasteiger partial charge is 0.262 e. The number of aromatic amines is 1. The van der Waals surface area contributed by atoms with E-state index in [0.717, 1.165) is 19.3 Å². The number of rotatable bonds is 2. The minimum atomic E-state index is 0.0303. The fourth-order valence-corrected chi connectivity index (χ4v) is 3.26. The van der Waals surface area contributed by atoms with Crippen LogP contribution in [0.1, 0.15) is 44.0 Å². The molecule has 0 saturated carbocycles. The van der Waals surface area contributed by atoms with Gasteiger partial charge in [0.15, 0.2) is 10.6 Å². The maximum Gasteiger partial charge on any atom is 0.262 e. The number of pyridine rings is 1. The average molecular weight is 304 g/mol. The highest BCUT2D eigenvalue weighted by atomic mass is 32.1. The molecule has 0 radical (unpaired) electrons. The molecule has 2 aromatic heterocycles. The molecule has 0 aromatic carbocycles. The van der Waals surface area contributed by atoms with E-state index in [0.29, 0.717) is 16.2 Å². The van der Waals surface area contributed by atoms with Gasteiger partial charge in [0.25, 0.3) is 5.56 Å². The summed E-state index contributed by atoms with van der Waals surface area (Å²) in [5, 5.41) is 6.99. The number of hydrogen-bond acceptors (Lipinski definition) is 3. The second-order valence-electron chi connectivity index (χ2n) is 5.92. The first-order valence-corrected chi connectivity index (χ1v) is 7.80. The van der Waals surface area contributed by atoms with Crippen molar-refractivity contribution >= 4 is 12.2 Å². The molecule has 0 bridgehead atoms. The van der Waals surface area contributed by atoms with E-state index in [1.165, 1.54) is 17.7 Å². The Morgan fingerprint density at radius 3 is 2.67 bits per heavy atom. The fourth-order valence-electron chi connectivity index (χ4n) is 3.13. The van der Waals surface area contributed by atoms with Crippen LogP contribution in [0.3, 0.4) is 0 Å². The molecule has 1 aliphatic carbocycles. The Labute approximate surface area is 128 Å². The van der Waals surface area contributed by atoms with Gasteiger partial charge in [0, 0.05) is 18.8 Å². The van der Waals surface area contributed by atoms with Crippen molar-refractivity contribution < 1.29 is 0 Å². The molecule has 2 heterocycles. The molecule has 0 aliphatic heterocycles. The molecule has 21 heavy (non-hydrogen) atoms. The van der Waals surface area contributed by atoms with Crippen LogP contribution in [-0.2, 0) is 19.9 Å². The zero-order valence-electron chi connectivity index (χ0n) is 12.6. The first-order valence-electron chi connectivity index (χ1n) is 7.39. The molecule has 0 saturated heterocycles. The van der Waals surface area contributed by atoms with Crippen molar-refractivity contribution in [1.29, 1.82) is 0 Å². The Bertz CT molecular complexity index is 797. The maximum absolute atomic E-state index is 12.9. The molecule has 5 nitrogen and oxygen atoms in total. The number of nitrogens with one attached hydrogen (secondary N) is 1. The zero-order chi connectivity index (χ0) is 15.1. The fraction of sp³-hybridized carbons (Fsp3) is 0.533. The molecular formula is C15H20N4OS. The summed E-state index contributed by atoms with van der Waals surface area (Å²) in [6.45, 7) is 4.12. The SMILES string of the molecule is CC(C)n1c2c(cc(-c3n[nH]c(=S)n3C)c1=O)CCCC2. The monoisotopic (exact) mass is 304 g/mol. The molecule has 0 spiro atoms. The Morgan fingerprint density at radius 2 is 2.05 bits per heavy atom. The van der Waals surface area contributed by atoms with Crippen molar-refractivity contribution in [3.8, 4) is 11.4 Å². The third-order valence-electron chi connectivity index (χ3n) is 4.18. The minimum absolute atomic E-state index is 0.0303. The number of aryl methyl sites for hydroxylation is 1. The van der Waals surface area contributed by atoms with E-state index in [-0.39, 0.29) is 11.6 Å². The largest absolute Gasteiger partial charge is 0.309 e. The van der Waals surface area contributed by atoms with Crippen LogP contribution in [0, 0.1) is 4.77 Å². The third kappa shape index (κ3) is 2.27. The van der Waals surface area contributed by atoms with E-state index in [4.69, 9.17) is 12.2 Å². The quantitative estimate of drug-likeness (QED) is 0.868. The standard InChI is InChI=1S/C15H20N4OS/c1-9(2)19-12-7-5-4-6-10(12)8-11(14(19)20)13-16-17-15(21)18(13)3/h8-9H,4-7H2,1-3H3,(H,17,21). The highest BCUT2D eigenvalue weighted by Crippen LogP contribution is 2.25. The molecule has 0 amide bonds. The summed E-state index contributed by atoms with van der Waals surface area (Å²) < 4.78 is 4.21. The predicted molar refractivity (Wildman–Crippen MR) is 85.1 cm³/mol. The molecule has 3 rings (SSSR count). The van der Waals surface area contributed by atoms with E-state index in [1.807, 2.05) is 17.7 Å². The number of aromatic nitrogens is 4. The topological polar surface area (TPSA) is 55.6 Å². The van der Waals surface area contributed by atoms with Gasteiger partial charge in [-0.1, -0.05) is 0 Å². The lowest BCUT2D eigenvalue weighted by molar-refractivity contribution is 0.519. The lowest BCUT2D eigenvalue weighted by atomic mass is 9.93. The average Bonchev–Trinajstić information content (AvgIpc) is 2.78. The molecule has 112 valence electrons. The van der Waals surface area contributed by atoms with Crippen molar-refractivity contribution in [2.24, 2.45) is 7.05 Å². The van der Waals surface area contributed by atoms with Gasteiger partial charge in [-0.3, -0.25) is 9.89 Å². The van der Waals surface area contributed by atoms with Gasteiger partial charge in [-0.2, -0.15) is 5.10 Å². The molecule has 2 aromatic rings. The summed E-state index contributed by atoms with van der Waals surface area (Å²) in [5.41, 5.74) is 3.14. The number of fused-ring (bicyclic) bond motifs is 1. The third-order valence-corrected chi connectivity index (χ3v) is 4.54. The molecular weight excluding hydrogens is 284 g/mol. The van der Waals surface area contributed by atoms with Gasteiger partial charge in [0.2, 0.25) is 0 Å². The van der Waals surface area contributed by atoms with Crippen LogP contribution < -0.4 is 5.56 Å². The molecule has 0 atom stereocenters. The van der Waals surface area contributed by atoms with Gasteiger partial charge in [0.1, 0.15) is 0 Å². The summed E-state index contributed by atoms with van der Waals surface area (Å²) in [6, 6.07) is 2.16. The molecule has 1 N–H and O–H groups in total. The predicted octanol–water partition coefficient (Wildman–Crippen LogP) is 2.77. The highest BCUT2D eigenvalue weighted by molar-refractivity contribution is 7.71. The van der Waals surface area contributed by atoms with Crippen LogP contribution in [0.4, 0.5) is 0 Å². The van der Waals surface area contributed by atoms with E-state index < -0.39 is 0 Å². The first kappa shape index (κ1) is 14.3. The Hall–Kier alpha value is -1.69. The van der Waals surface area contributed by atoms with Crippen molar-refractivity contribution in [1.82, 2.24) is 19.3 Å². The van der Waals surface area contributed by atoms with Gasteiger partial charge in [-0.05, 0) is 63.4 Å². The summed E-state index contributed by atoms with van der Waals surface area (Å²) >= 11 is 5.16. The summed E-state index contributed by atoms with van der Waals surface area (Å²) in [7, 11) is 1.83. The van der Waals surface area contributed by atoms with Gasteiger partial charge in [0.05, 0.1) is 5.56 Å². The van der Waals surface area contributed by atoms with Crippen molar-refractivity contribution in [3.05, 3.63) is 32.4 Å². The molecule has 0 fully saturated rings. The van der Waals surface area contributed by atoms with Gasteiger partial charge in [-0.25, -0.2) is 0 Å². The normalized spacial score (nSPS) is 14.5. The maximum atomic E-state index is 12.9. The van der Waals surface area contributed by atoms with Crippen LogP contribution in [0.15, 0.2) is 10.9 Å². The summed E-state index contributed by atoms with van der Waals surface area (Å²) in [4.78, 5) is 12.9. The van der Waals surface area contributed by atoms with Gasteiger partial charge < -0.3 is 9.13 Å². The lowest BCUT2D eigenvalue weighted by Gasteiger charge is -2.24. The number of H-pyrrole nitrogens is 1. The van der Waals surface area contributed by atoms with Crippen molar-refractivity contribution in [2.45, 2.75) is 45.6 Å². The van der Waals surface area contributed by atoms with E-state index in [9.17, 15) is 4.79 Å². The first-order chi connectivity index (χ1) is 10.0. The highest BCUT2D eigenvalue weighted by Gasteiger charge is 2.21. The Morgan fingerprint density at radius 1 is 1.33 bits per heavy atom. The van der Waals surface area contributed by atoms with Gasteiger partial charge in [-0.15, -0.1) is 0 Å². The lowest BCUT2D eigenvalue weighted by Crippen LogP contribution is -2.30. The van der Waals surface area contributed by atoms with Crippen molar-refractivity contribution in [3.63, 3.8) is 0 Å². The molecule has 0 unspecified atom stereocenters. The van der Waals surface area contributed by atoms with E-state index in [1.54, 1.807) is 4.57 Å². The van der Waals surface area contributed by atoms with Crippen LogP contribution in [0.25, 0.3) is 11.4 Å². The Balaban J connectivity index is 2.32. The summed E-state index contributed by atoms with van der Waals surface area (Å²) in [5.74, 6) is 0.618. The van der Waals surface area contributed by atoms with Crippen LogP contribution >= 0.6 is 12.2 Å². The molecule has 1 aliphatic rings. The van der Waals surface area contributed by atoms with E-state index in [2.05, 4.69) is 24.0 Å².